The van der Waals surface area contributed by atoms with Crippen LogP contribution in [0.2, 0.25) is 0 Å². The number of benzene rings is 2. The summed E-state index contributed by atoms with van der Waals surface area (Å²) in [6.07, 6.45) is -3.06. The molecule has 2 aromatic heterocycles. The largest absolute Gasteiger partial charge is 0.416 e. The van der Waals surface area contributed by atoms with Crippen LogP contribution in [0.15, 0.2) is 82.5 Å². The number of hydrogen-bond acceptors (Lipinski definition) is 5. The van der Waals surface area contributed by atoms with Gasteiger partial charge in [0.25, 0.3) is 11.5 Å². The first-order valence-electron chi connectivity index (χ1n) is 10.8. The zero-order valence-electron chi connectivity index (χ0n) is 19.0. The van der Waals surface area contributed by atoms with E-state index in [1.807, 2.05) is 0 Å². The van der Waals surface area contributed by atoms with Gasteiger partial charge in [0.15, 0.2) is 0 Å². The maximum absolute atomic E-state index is 13.2. The number of halogens is 3. The molecule has 2 heterocycles. The lowest BCUT2D eigenvalue weighted by atomic mass is 10.1. The molecule has 2 aromatic carbocycles. The molecule has 0 bridgehead atoms. The fourth-order valence-electron chi connectivity index (χ4n) is 3.51. The summed E-state index contributed by atoms with van der Waals surface area (Å²) in [6, 6.07) is 16.0. The molecule has 0 spiro atoms. The normalized spacial score (nSPS) is 11.3. The summed E-state index contributed by atoms with van der Waals surface area (Å²) in [7, 11) is 0. The maximum atomic E-state index is 13.2. The van der Waals surface area contributed by atoms with Crippen molar-refractivity contribution in [2.24, 2.45) is 0 Å². The van der Waals surface area contributed by atoms with E-state index in [2.05, 4.69) is 15.4 Å². The molecule has 0 aliphatic heterocycles. The number of nitrogens with zero attached hydrogens (tertiary/aromatic N) is 4. The van der Waals surface area contributed by atoms with Crippen molar-refractivity contribution >= 4 is 5.91 Å². The molecule has 0 saturated heterocycles. The fraction of sp³-hybridized carbons (Fsp3) is 0.160. The average Bonchev–Trinajstić information content (AvgIpc) is 2.85. The quantitative estimate of drug-likeness (QED) is 0.443. The Labute approximate surface area is 202 Å². The topological polar surface area (TPSA) is 98.9 Å². The van der Waals surface area contributed by atoms with Crippen molar-refractivity contribution in [1.29, 1.82) is 0 Å². The number of carbonyl (C=O) groups excluding carboxylic acids is 1. The SMILES string of the molecule is Cc1cccc(-n2nc(C(=O)NCc3ccccn3)c(=O)n(Cc3cccc(C(F)(F)F)c3)c2=O)c1. The highest BCUT2D eigenvalue weighted by Gasteiger charge is 2.30. The molecule has 184 valence electrons. The van der Waals surface area contributed by atoms with Crippen molar-refractivity contribution in [2.45, 2.75) is 26.2 Å². The molecule has 0 fully saturated rings. The van der Waals surface area contributed by atoms with Gasteiger partial charge in [-0.3, -0.25) is 19.1 Å². The highest BCUT2D eigenvalue weighted by Crippen LogP contribution is 2.29. The molecule has 0 saturated carbocycles. The van der Waals surface area contributed by atoms with Crippen molar-refractivity contribution in [3.05, 3.63) is 122 Å². The Morgan fingerprint density at radius 3 is 2.47 bits per heavy atom. The summed E-state index contributed by atoms with van der Waals surface area (Å²) in [5.41, 5.74) is -1.76. The van der Waals surface area contributed by atoms with Gasteiger partial charge in [0.05, 0.1) is 30.0 Å². The Bertz CT molecular complexity index is 1530. The van der Waals surface area contributed by atoms with Crippen LogP contribution in [0.25, 0.3) is 5.69 Å². The Kier molecular flexibility index (Phi) is 6.82. The lowest BCUT2D eigenvalue weighted by molar-refractivity contribution is -0.137. The molecule has 4 aromatic rings. The lowest BCUT2D eigenvalue weighted by Gasteiger charge is -2.13. The molecule has 0 atom stereocenters. The number of aromatic nitrogens is 4. The van der Waals surface area contributed by atoms with Gasteiger partial charge in [0.2, 0.25) is 5.69 Å². The first kappa shape index (κ1) is 24.6. The van der Waals surface area contributed by atoms with Gasteiger partial charge < -0.3 is 5.32 Å². The van der Waals surface area contributed by atoms with Crippen LogP contribution < -0.4 is 16.6 Å². The van der Waals surface area contributed by atoms with E-state index in [4.69, 9.17) is 0 Å². The molecule has 0 radical (unpaired) electrons. The Hall–Kier alpha value is -4.54. The van der Waals surface area contributed by atoms with Crippen LogP contribution in [0.5, 0.6) is 0 Å². The highest BCUT2D eigenvalue weighted by atomic mass is 19.4. The second-order valence-electron chi connectivity index (χ2n) is 7.98. The van der Waals surface area contributed by atoms with Crippen molar-refractivity contribution in [3.8, 4) is 5.69 Å². The number of aryl methyl sites for hydroxylation is 1. The van der Waals surface area contributed by atoms with Gasteiger partial charge in [0.1, 0.15) is 0 Å². The summed E-state index contributed by atoms with van der Waals surface area (Å²) in [4.78, 5) is 43.4. The molecule has 1 N–H and O–H groups in total. The molecule has 4 rings (SSSR count). The molecule has 36 heavy (non-hydrogen) atoms. The number of hydrogen-bond donors (Lipinski definition) is 1. The summed E-state index contributed by atoms with van der Waals surface area (Å²) in [6.45, 7) is 1.29. The van der Waals surface area contributed by atoms with Gasteiger partial charge >= 0.3 is 11.9 Å². The van der Waals surface area contributed by atoms with Gasteiger partial charge in [-0.1, -0.05) is 30.3 Å². The van der Waals surface area contributed by atoms with Crippen molar-refractivity contribution in [2.75, 3.05) is 0 Å². The van der Waals surface area contributed by atoms with Crippen LogP contribution in [-0.4, -0.2) is 25.2 Å². The van der Waals surface area contributed by atoms with E-state index < -0.39 is 41.1 Å². The molecule has 0 aliphatic rings. The molecular weight excluding hydrogens is 475 g/mol. The van der Waals surface area contributed by atoms with E-state index in [1.165, 1.54) is 12.1 Å². The third-order valence-corrected chi connectivity index (χ3v) is 5.27. The van der Waals surface area contributed by atoms with E-state index >= 15 is 0 Å². The van der Waals surface area contributed by atoms with Crippen LogP contribution in [0, 0.1) is 6.92 Å². The van der Waals surface area contributed by atoms with E-state index in [9.17, 15) is 27.6 Å². The Morgan fingerprint density at radius 1 is 1.00 bits per heavy atom. The monoisotopic (exact) mass is 495 g/mol. The minimum atomic E-state index is -4.60. The average molecular weight is 495 g/mol. The molecule has 0 aliphatic carbocycles. The van der Waals surface area contributed by atoms with Crippen LogP contribution in [0.4, 0.5) is 13.2 Å². The summed E-state index contributed by atoms with van der Waals surface area (Å²) in [5, 5.41) is 6.56. The Morgan fingerprint density at radius 2 is 1.78 bits per heavy atom. The van der Waals surface area contributed by atoms with Crippen LogP contribution >= 0.6 is 0 Å². The van der Waals surface area contributed by atoms with Gasteiger partial charge in [-0.05, 0) is 54.4 Å². The number of alkyl halides is 3. The molecule has 8 nitrogen and oxygen atoms in total. The van der Waals surface area contributed by atoms with Crippen LogP contribution in [-0.2, 0) is 19.3 Å². The number of nitrogens with one attached hydrogen (secondary N) is 1. The van der Waals surface area contributed by atoms with Gasteiger partial charge in [-0.15, -0.1) is 0 Å². The molecular formula is C25H20F3N5O3. The molecule has 11 heteroatoms. The van der Waals surface area contributed by atoms with Crippen LogP contribution in [0.1, 0.15) is 32.9 Å². The zero-order valence-corrected chi connectivity index (χ0v) is 19.0. The van der Waals surface area contributed by atoms with Crippen molar-refractivity contribution < 1.29 is 18.0 Å². The smallest absolute Gasteiger partial charge is 0.345 e. The van der Waals surface area contributed by atoms with E-state index in [0.717, 1.165) is 22.4 Å². The van der Waals surface area contributed by atoms with E-state index in [-0.39, 0.29) is 17.8 Å². The first-order valence-corrected chi connectivity index (χ1v) is 10.8. The predicted molar refractivity (Wildman–Crippen MR) is 125 cm³/mol. The first-order chi connectivity index (χ1) is 17.1. The summed E-state index contributed by atoms with van der Waals surface area (Å²) < 4.78 is 41.1. The highest BCUT2D eigenvalue weighted by molar-refractivity contribution is 5.91. The summed E-state index contributed by atoms with van der Waals surface area (Å²) in [5.74, 6) is -0.857. The van der Waals surface area contributed by atoms with Gasteiger partial charge in [0, 0.05) is 6.20 Å². The number of rotatable bonds is 6. The predicted octanol–water partition coefficient (Wildman–Crippen LogP) is 3.09. The molecule has 0 unspecified atom stereocenters. The minimum Gasteiger partial charge on any atom is -0.345 e. The lowest BCUT2D eigenvalue weighted by Crippen LogP contribution is -2.46. The van der Waals surface area contributed by atoms with Gasteiger partial charge in [-0.25, -0.2) is 4.79 Å². The van der Waals surface area contributed by atoms with Gasteiger partial charge in [-0.2, -0.15) is 23.0 Å². The zero-order chi connectivity index (χ0) is 25.9. The molecule has 1 amide bonds. The number of amides is 1. The fourth-order valence-corrected chi connectivity index (χ4v) is 3.51. The summed E-state index contributed by atoms with van der Waals surface area (Å²) >= 11 is 0. The van der Waals surface area contributed by atoms with Crippen molar-refractivity contribution in [3.63, 3.8) is 0 Å². The second kappa shape index (κ2) is 9.98. The van der Waals surface area contributed by atoms with E-state index in [0.29, 0.717) is 10.3 Å². The van der Waals surface area contributed by atoms with E-state index in [1.54, 1.807) is 55.6 Å². The third-order valence-electron chi connectivity index (χ3n) is 5.27. The maximum Gasteiger partial charge on any atom is 0.416 e. The standard InChI is InChI=1S/C25H20F3N5O3/c1-16-6-4-10-20(12-16)33-24(36)32(15-17-7-5-8-18(13-17)25(26,27)28)23(35)21(31-33)22(34)30-14-19-9-2-3-11-29-19/h2-13H,14-15H2,1H3,(H,30,34). The number of carbonyl (C=O) groups is 1. The minimum absolute atomic E-state index is 0.00199. The third kappa shape index (κ3) is 5.40. The number of pyridine rings is 1. The second-order valence-corrected chi connectivity index (χ2v) is 7.98. The van der Waals surface area contributed by atoms with Crippen molar-refractivity contribution in [1.82, 2.24) is 24.6 Å². The van der Waals surface area contributed by atoms with Crippen LogP contribution in [0.3, 0.4) is 0 Å². The Balaban J connectivity index is 1.80.